The predicted molar refractivity (Wildman–Crippen MR) is 133 cm³/mol. The molecule has 192 valence electrons. The lowest BCUT2D eigenvalue weighted by Gasteiger charge is -2.46. The highest BCUT2D eigenvalue weighted by Crippen LogP contribution is 2.42. The number of hydrogen-bond acceptors (Lipinski definition) is 6. The van der Waals surface area contributed by atoms with E-state index >= 15 is 0 Å². The van der Waals surface area contributed by atoms with E-state index in [0.29, 0.717) is 12.8 Å². The van der Waals surface area contributed by atoms with Crippen molar-refractivity contribution in [2.45, 2.75) is 95.4 Å². The van der Waals surface area contributed by atoms with Gasteiger partial charge in [-0.05, 0) is 76.6 Å². The van der Waals surface area contributed by atoms with Crippen LogP contribution in [0.2, 0.25) is 0 Å². The molecule has 0 aromatic carbocycles. The second-order valence-electron chi connectivity index (χ2n) is 11.0. The van der Waals surface area contributed by atoms with Gasteiger partial charge in [0.05, 0.1) is 11.5 Å². The first-order valence-electron chi connectivity index (χ1n) is 13.6. The quantitative estimate of drug-likeness (QED) is 0.622. The Morgan fingerprint density at radius 1 is 1.09 bits per heavy atom. The van der Waals surface area contributed by atoms with Crippen LogP contribution in [-0.4, -0.2) is 82.4 Å². The van der Waals surface area contributed by atoms with Crippen LogP contribution in [0, 0.1) is 5.41 Å². The van der Waals surface area contributed by atoms with Gasteiger partial charge in [-0.25, -0.2) is 4.79 Å². The van der Waals surface area contributed by atoms with Crippen LogP contribution in [-0.2, 0) is 9.53 Å². The minimum atomic E-state index is -0.635. The van der Waals surface area contributed by atoms with Crippen molar-refractivity contribution in [2.24, 2.45) is 5.41 Å². The summed E-state index contributed by atoms with van der Waals surface area (Å²) in [5, 5.41) is 9.97. The molecule has 1 saturated carbocycles. The molecule has 4 fully saturated rings. The van der Waals surface area contributed by atoms with Gasteiger partial charge in [0.2, 0.25) is 0 Å². The molecule has 5 rings (SSSR count). The molecular formula is C27H40N4O4. The molecule has 3 aliphatic heterocycles. The molecule has 8 nitrogen and oxygen atoms in total. The van der Waals surface area contributed by atoms with E-state index in [4.69, 9.17) is 4.74 Å². The first-order chi connectivity index (χ1) is 17.0. The van der Waals surface area contributed by atoms with E-state index in [0.717, 1.165) is 77.5 Å². The number of amides is 1. The summed E-state index contributed by atoms with van der Waals surface area (Å²) in [6.45, 7) is 5.55. The number of rotatable bonds is 7. The molecule has 3 saturated heterocycles. The van der Waals surface area contributed by atoms with E-state index in [1.165, 1.54) is 5.69 Å². The first-order valence-corrected chi connectivity index (χ1v) is 13.6. The van der Waals surface area contributed by atoms with Gasteiger partial charge >= 0.3 is 12.1 Å². The molecule has 1 aromatic heterocycles. The van der Waals surface area contributed by atoms with Gasteiger partial charge in [-0.1, -0.05) is 19.8 Å². The number of ether oxygens (including phenoxy) is 1. The maximum absolute atomic E-state index is 13.1. The summed E-state index contributed by atoms with van der Waals surface area (Å²) in [7, 11) is 0. The van der Waals surface area contributed by atoms with Gasteiger partial charge in [0, 0.05) is 43.3 Å². The predicted octanol–water partition coefficient (Wildman–Crippen LogP) is 4.15. The Balaban J connectivity index is 1.21. The van der Waals surface area contributed by atoms with Crippen molar-refractivity contribution in [3.63, 3.8) is 0 Å². The smallest absolute Gasteiger partial charge is 0.410 e. The Bertz CT molecular complexity index is 880. The standard InChI is InChI=1S/C27H40N4O4/c1-2-3-11-27(25(32)33)12-18-30(19-13-27)22-5-4-6-23-24(22)35-26(34)31(23)21-9-16-29(17-10-21)20-7-14-28-15-8-20/h7-8,14-15,21-24H,2-6,9-13,16-19H2,1H3,(H,32,33). The van der Waals surface area contributed by atoms with Gasteiger partial charge in [0.1, 0.15) is 6.10 Å². The normalized spacial score (nSPS) is 29.6. The topological polar surface area (TPSA) is 86.2 Å². The van der Waals surface area contributed by atoms with Crippen LogP contribution < -0.4 is 4.90 Å². The molecule has 3 unspecified atom stereocenters. The first kappa shape index (κ1) is 24.3. The van der Waals surface area contributed by atoms with Crippen molar-refractivity contribution in [1.82, 2.24) is 14.8 Å². The van der Waals surface area contributed by atoms with Crippen molar-refractivity contribution in [3.8, 4) is 0 Å². The molecule has 0 spiro atoms. The van der Waals surface area contributed by atoms with Gasteiger partial charge < -0.3 is 14.7 Å². The van der Waals surface area contributed by atoms with Crippen LogP contribution in [0.3, 0.4) is 0 Å². The fourth-order valence-corrected chi connectivity index (χ4v) is 7.03. The van der Waals surface area contributed by atoms with E-state index in [9.17, 15) is 14.7 Å². The molecule has 1 amide bonds. The number of carbonyl (C=O) groups is 2. The zero-order valence-electron chi connectivity index (χ0n) is 21.0. The number of nitrogens with zero attached hydrogens (tertiary/aromatic N) is 4. The minimum absolute atomic E-state index is 0.0950. The summed E-state index contributed by atoms with van der Waals surface area (Å²) >= 11 is 0. The maximum Gasteiger partial charge on any atom is 0.410 e. The van der Waals surface area contributed by atoms with E-state index in [1.807, 2.05) is 24.5 Å². The molecule has 1 aromatic rings. The third-order valence-electron chi connectivity index (χ3n) is 9.14. The second kappa shape index (κ2) is 10.3. The van der Waals surface area contributed by atoms with Crippen molar-refractivity contribution in [1.29, 1.82) is 0 Å². The third-order valence-corrected chi connectivity index (χ3v) is 9.14. The summed E-state index contributed by atoms with van der Waals surface area (Å²) in [6, 6.07) is 4.67. The van der Waals surface area contributed by atoms with Gasteiger partial charge in [0.15, 0.2) is 0 Å². The van der Waals surface area contributed by atoms with Crippen molar-refractivity contribution in [3.05, 3.63) is 24.5 Å². The number of carboxylic acids is 1. The van der Waals surface area contributed by atoms with Gasteiger partial charge in [0.25, 0.3) is 0 Å². The van der Waals surface area contributed by atoms with Crippen LogP contribution in [0.4, 0.5) is 10.5 Å². The molecule has 0 bridgehead atoms. The van der Waals surface area contributed by atoms with E-state index in [2.05, 4.69) is 26.6 Å². The largest absolute Gasteiger partial charge is 0.481 e. The molecule has 1 N–H and O–H groups in total. The number of hydrogen-bond donors (Lipinski definition) is 1. The highest BCUT2D eigenvalue weighted by Gasteiger charge is 2.52. The molecule has 8 heteroatoms. The van der Waals surface area contributed by atoms with E-state index in [-0.39, 0.29) is 30.3 Å². The number of aliphatic carboxylic acids is 1. The molecule has 4 heterocycles. The van der Waals surface area contributed by atoms with Gasteiger partial charge in [-0.15, -0.1) is 0 Å². The number of piperidine rings is 2. The monoisotopic (exact) mass is 484 g/mol. The number of aromatic nitrogens is 1. The zero-order valence-corrected chi connectivity index (χ0v) is 21.0. The summed E-state index contributed by atoms with van der Waals surface area (Å²) in [4.78, 5) is 36.2. The molecular weight excluding hydrogens is 444 g/mol. The van der Waals surface area contributed by atoms with Gasteiger partial charge in [-0.3, -0.25) is 19.6 Å². The Kier molecular flexibility index (Phi) is 7.19. The number of carbonyl (C=O) groups excluding carboxylic acids is 1. The summed E-state index contributed by atoms with van der Waals surface area (Å²) < 4.78 is 6.08. The Labute approximate surface area is 208 Å². The average Bonchev–Trinajstić information content (AvgIpc) is 3.24. The summed E-state index contributed by atoms with van der Waals surface area (Å²) in [5.41, 5.74) is 0.612. The van der Waals surface area contributed by atoms with E-state index < -0.39 is 11.4 Å². The average molecular weight is 485 g/mol. The number of unbranched alkanes of at least 4 members (excludes halogenated alkanes) is 1. The summed E-state index contributed by atoms with van der Waals surface area (Å²) in [6.07, 6.45) is 12.6. The summed E-state index contributed by atoms with van der Waals surface area (Å²) in [5.74, 6) is -0.635. The molecule has 35 heavy (non-hydrogen) atoms. The van der Waals surface area contributed by atoms with Crippen LogP contribution in [0.25, 0.3) is 0 Å². The molecule has 4 aliphatic rings. The lowest BCUT2D eigenvalue weighted by molar-refractivity contribution is -0.153. The number of carboxylic acid groups (broad SMARTS) is 1. The zero-order chi connectivity index (χ0) is 24.4. The molecule has 1 aliphatic carbocycles. The van der Waals surface area contributed by atoms with Crippen molar-refractivity contribution < 1.29 is 19.4 Å². The number of fused-ring (bicyclic) bond motifs is 1. The molecule has 0 radical (unpaired) electrons. The lowest BCUT2D eigenvalue weighted by Crippen LogP contribution is -2.57. The third kappa shape index (κ3) is 4.74. The minimum Gasteiger partial charge on any atom is -0.481 e. The Morgan fingerprint density at radius 2 is 1.77 bits per heavy atom. The van der Waals surface area contributed by atoms with Crippen LogP contribution >= 0.6 is 0 Å². The van der Waals surface area contributed by atoms with Crippen molar-refractivity contribution >= 4 is 17.7 Å². The number of pyridine rings is 1. The second-order valence-corrected chi connectivity index (χ2v) is 11.0. The Morgan fingerprint density at radius 3 is 2.43 bits per heavy atom. The van der Waals surface area contributed by atoms with Crippen LogP contribution in [0.15, 0.2) is 24.5 Å². The fourth-order valence-electron chi connectivity index (χ4n) is 7.03. The van der Waals surface area contributed by atoms with Gasteiger partial charge in [-0.2, -0.15) is 0 Å². The fraction of sp³-hybridized carbons (Fsp3) is 0.741. The van der Waals surface area contributed by atoms with Crippen molar-refractivity contribution in [2.75, 3.05) is 31.1 Å². The van der Waals surface area contributed by atoms with E-state index in [1.54, 1.807) is 0 Å². The number of anilines is 1. The lowest BCUT2D eigenvalue weighted by atomic mass is 9.73. The highest BCUT2D eigenvalue weighted by atomic mass is 16.6. The van der Waals surface area contributed by atoms with Crippen LogP contribution in [0.1, 0.15) is 71.1 Å². The Hall–Kier alpha value is -2.35. The van der Waals surface area contributed by atoms with Crippen LogP contribution in [0.5, 0.6) is 0 Å². The highest BCUT2D eigenvalue weighted by molar-refractivity contribution is 5.75. The number of likely N-dealkylation sites (tertiary alicyclic amines) is 1. The maximum atomic E-state index is 13.1. The SMILES string of the molecule is CCCCC1(C(=O)O)CCN(C2CCCC3C2OC(=O)N3C2CCN(c3ccncc3)CC2)CC1. The molecule has 3 atom stereocenters.